The predicted molar refractivity (Wildman–Crippen MR) is 245 cm³/mol. The van der Waals surface area contributed by atoms with E-state index in [4.69, 9.17) is 33.2 Å². The third-order valence-corrected chi connectivity index (χ3v) is 18.9. The molecule has 0 spiro atoms. The molecule has 6 fully saturated rings. The van der Waals surface area contributed by atoms with Gasteiger partial charge in [0.2, 0.25) is 6.29 Å². The molecule has 4 saturated carbocycles. The molecule has 19 unspecified atom stereocenters. The van der Waals surface area contributed by atoms with Crippen molar-refractivity contribution in [2.24, 2.45) is 50.2 Å². The molecule has 2 heterocycles. The molecule has 19 nitrogen and oxygen atoms in total. The van der Waals surface area contributed by atoms with Gasteiger partial charge >= 0.3 is 23.9 Å². The summed E-state index contributed by atoms with van der Waals surface area (Å²) in [4.78, 5) is 52.2. The van der Waals surface area contributed by atoms with Gasteiger partial charge in [-0.2, -0.15) is 0 Å². The maximum Gasteiger partial charge on any atom is 0.361 e. The van der Waals surface area contributed by atoms with Crippen LogP contribution >= 0.6 is 0 Å². The lowest BCUT2D eigenvalue weighted by atomic mass is 9.33. The van der Waals surface area contributed by atoms with Crippen molar-refractivity contribution in [3.8, 4) is 0 Å². The second kappa shape index (κ2) is 20.5. The minimum atomic E-state index is -2.14. The molecule has 0 amide bonds. The zero-order valence-corrected chi connectivity index (χ0v) is 42.4. The quantitative estimate of drug-likeness (QED) is 0.0309. The van der Waals surface area contributed by atoms with E-state index in [-0.39, 0.29) is 46.0 Å². The van der Waals surface area contributed by atoms with Crippen LogP contribution in [0, 0.1) is 50.2 Å². The van der Waals surface area contributed by atoms with E-state index in [1.165, 1.54) is 5.57 Å². The normalized spacial score (nSPS) is 44.5. The van der Waals surface area contributed by atoms with E-state index in [1.54, 1.807) is 0 Å². The van der Waals surface area contributed by atoms with Crippen molar-refractivity contribution in [1.82, 2.24) is 0 Å². The minimum Gasteiger partial charge on any atom is -0.477 e. The number of aliphatic carboxylic acids is 1. The number of hydrogen-bond donors (Lipinski definition) is 7. The van der Waals surface area contributed by atoms with Crippen LogP contribution in [0.4, 0.5) is 0 Å². The van der Waals surface area contributed by atoms with Crippen LogP contribution in [0.3, 0.4) is 0 Å². The molecule has 7 rings (SSSR count). The number of carbonyl (C=O) groups is 4. The number of hydrogen-bond acceptors (Lipinski definition) is 18. The molecule has 0 bridgehead atoms. The summed E-state index contributed by atoms with van der Waals surface area (Å²) in [6.45, 7) is 16.4. The minimum absolute atomic E-state index is 0.0326. The van der Waals surface area contributed by atoms with Crippen molar-refractivity contribution in [3.05, 3.63) is 11.6 Å². The van der Waals surface area contributed by atoms with Crippen LogP contribution in [0.5, 0.6) is 0 Å². The Hall–Kier alpha value is -2.82. The molecule has 70 heavy (non-hydrogen) atoms. The smallest absolute Gasteiger partial charge is 0.361 e. The summed E-state index contributed by atoms with van der Waals surface area (Å²) in [7, 11) is 1.09. The maximum absolute atomic E-state index is 14.7. The van der Waals surface area contributed by atoms with Crippen LogP contribution in [0.1, 0.15) is 132 Å². The molecule has 19 atom stereocenters. The van der Waals surface area contributed by atoms with Crippen molar-refractivity contribution in [3.63, 3.8) is 0 Å². The van der Waals surface area contributed by atoms with E-state index >= 15 is 0 Å². The van der Waals surface area contributed by atoms with Crippen molar-refractivity contribution in [1.29, 1.82) is 0 Å². The zero-order chi connectivity index (χ0) is 51.5. The molecule has 19 heteroatoms. The number of fused-ring (bicyclic) bond motifs is 7. The molecule has 0 aromatic heterocycles. The van der Waals surface area contributed by atoms with Gasteiger partial charge in [0, 0.05) is 0 Å². The Kier molecular flexibility index (Phi) is 16.1. The van der Waals surface area contributed by atoms with Gasteiger partial charge in [0.05, 0.1) is 31.8 Å². The van der Waals surface area contributed by atoms with Crippen LogP contribution in [-0.2, 0) is 57.1 Å². The summed E-state index contributed by atoms with van der Waals surface area (Å²) in [5.74, 6) is -3.83. The highest BCUT2D eigenvalue weighted by Gasteiger charge is 2.70. The van der Waals surface area contributed by atoms with Gasteiger partial charge in [0.1, 0.15) is 49.3 Å². The number of rotatable bonds is 15. The molecule has 2 saturated heterocycles. The van der Waals surface area contributed by atoms with Crippen molar-refractivity contribution >= 4 is 23.9 Å². The second-order valence-corrected chi connectivity index (χ2v) is 23.5. The summed E-state index contributed by atoms with van der Waals surface area (Å²) in [5.41, 5.74) is -0.948. The molecule has 398 valence electrons. The molecule has 0 aromatic rings. The van der Waals surface area contributed by atoms with Crippen molar-refractivity contribution < 1.29 is 92.8 Å². The number of aliphatic hydroxyl groups excluding tert-OH is 6. The van der Waals surface area contributed by atoms with Crippen molar-refractivity contribution in [2.75, 3.05) is 26.9 Å². The van der Waals surface area contributed by atoms with Gasteiger partial charge in [-0.3, -0.25) is 4.79 Å². The molecule has 0 radical (unpaired) electrons. The Labute approximate surface area is 410 Å². The highest BCUT2D eigenvalue weighted by atomic mass is 16.7. The lowest BCUT2D eigenvalue weighted by Crippen LogP contribution is -2.66. The average Bonchev–Trinajstić information content (AvgIpc) is 3.30. The van der Waals surface area contributed by atoms with Gasteiger partial charge in [-0.1, -0.05) is 73.5 Å². The Morgan fingerprint density at radius 1 is 0.814 bits per heavy atom. The predicted octanol–water partition coefficient (Wildman–Crippen LogP) is 3.29. The Morgan fingerprint density at radius 3 is 2.17 bits per heavy atom. The first-order valence-corrected chi connectivity index (χ1v) is 25.4. The summed E-state index contributed by atoms with van der Waals surface area (Å²) in [6.07, 6.45) is -8.42. The molecule has 7 N–H and O–H groups in total. The van der Waals surface area contributed by atoms with Gasteiger partial charge in [0.25, 0.3) is 6.29 Å². The Morgan fingerprint density at radius 2 is 1.51 bits per heavy atom. The molecular formula is C51H80O19. The summed E-state index contributed by atoms with van der Waals surface area (Å²) >= 11 is 0. The third kappa shape index (κ3) is 9.49. The zero-order valence-electron chi connectivity index (χ0n) is 42.4. The van der Waals surface area contributed by atoms with Gasteiger partial charge in [-0.15, -0.1) is 0 Å². The number of carboxylic acids is 1. The summed E-state index contributed by atoms with van der Waals surface area (Å²) < 4.78 is 45.1. The van der Waals surface area contributed by atoms with Crippen LogP contribution in [0.25, 0.3) is 0 Å². The second-order valence-electron chi connectivity index (χ2n) is 23.5. The van der Waals surface area contributed by atoms with Crippen LogP contribution in [0.2, 0.25) is 0 Å². The first kappa shape index (κ1) is 54.9. The fourth-order valence-corrected chi connectivity index (χ4v) is 14.6. The largest absolute Gasteiger partial charge is 0.477 e. The van der Waals surface area contributed by atoms with Gasteiger partial charge < -0.3 is 73.6 Å². The number of unbranched alkanes of at least 4 members (excludes halogenated alkanes) is 1. The van der Waals surface area contributed by atoms with Crippen molar-refractivity contribution in [2.45, 2.75) is 206 Å². The van der Waals surface area contributed by atoms with Gasteiger partial charge in [-0.25, -0.2) is 14.4 Å². The first-order chi connectivity index (χ1) is 32.8. The highest BCUT2D eigenvalue weighted by Crippen LogP contribution is 2.76. The molecule has 7 aliphatic rings. The molecule has 2 aliphatic heterocycles. The Balaban J connectivity index is 1.13. The van der Waals surface area contributed by atoms with Gasteiger partial charge in [0.15, 0.2) is 12.4 Å². The maximum atomic E-state index is 14.7. The lowest BCUT2D eigenvalue weighted by molar-refractivity contribution is -0.340. The third-order valence-electron chi connectivity index (χ3n) is 18.9. The van der Waals surface area contributed by atoms with Crippen LogP contribution in [-0.4, -0.2) is 160 Å². The SMILES string of the molecule is CCCCOC(=O)C1OC(OC2CCC3(C)C(CCC4(C)C3CC=C3C5CC(C)(C)CCC5(C(=O)OC5OC(CO)C(O)C(O)C5O)CCC34C)C2(C)C)C(O)C(OC(OCC(=O)OC)C(=O)O)C1O. The number of ether oxygens (including phenoxy) is 8. The number of methoxy groups -OCH3 is 1. The van der Waals surface area contributed by atoms with E-state index in [0.29, 0.717) is 32.1 Å². The number of esters is 3. The number of aliphatic hydroxyl groups is 6. The fraction of sp³-hybridized carbons (Fsp3) is 0.882. The fourth-order valence-electron chi connectivity index (χ4n) is 14.6. The standard InChI is InChI=1S/C51H80O19/c1-10-11-22-64-41(61)39-36(57)38(68-44(40(59)60)65-25-32(53)63-9)37(58)43(69-39)67-31-15-16-48(6)29(47(31,4)5)14-17-50(8)30(48)13-12-26-27-23-46(2,3)18-20-51(27,21-19-49(26,50)7)45(62)70-42-35(56)34(55)33(54)28(24-52)66-42/h12,27-31,33-39,42-44,52,54-58H,10-11,13-25H2,1-9H3,(H,59,60). The van der Waals surface area contributed by atoms with E-state index in [2.05, 4.69) is 59.3 Å². The number of carbonyl (C=O) groups excluding carboxylic acids is 3. The average molecular weight is 997 g/mol. The summed E-state index contributed by atoms with van der Waals surface area (Å²) in [6, 6.07) is 0. The molecular weight excluding hydrogens is 917 g/mol. The molecule has 5 aliphatic carbocycles. The van der Waals surface area contributed by atoms with E-state index in [9.17, 15) is 54.9 Å². The highest BCUT2D eigenvalue weighted by molar-refractivity contribution is 5.79. The molecule has 0 aromatic carbocycles. The topological polar surface area (TPSA) is 284 Å². The van der Waals surface area contributed by atoms with Crippen LogP contribution < -0.4 is 0 Å². The van der Waals surface area contributed by atoms with E-state index in [1.807, 2.05) is 6.92 Å². The number of allylic oxidation sites excluding steroid dienone is 2. The van der Waals surface area contributed by atoms with E-state index in [0.717, 1.165) is 52.1 Å². The van der Waals surface area contributed by atoms with E-state index < -0.39 is 122 Å². The Bertz CT molecular complexity index is 1950. The van der Waals surface area contributed by atoms with Crippen LogP contribution in [0.15, 0.2) is 11.6 Å². The monoisotopic (exact) mass is 997 g/mol. The van der Waals surface area contributed by atoms with Gasteiger partial charge in [-0.05, 0) is 115 Å². The number of carboxylic acid groups (broad SMARTS) is 1. The summed E-state index contributed by atoms with van der Waals surface area (Å²) in [5, 5.41) is 74.7. The lowest BCUT2D eigenvalue weighted by Gasteiger charge is -2.71. The first-order valence-electron chi connectivity index (χ1n) is 25.4.